The first-order chi connectivity index (χ1) is 8.88. The molecule has 0 saturated heterocycles. The number of carboxylic acids is 1. The van der Waals surface area contributed by atoms with E-state index in [1.54, 1.807) is 12.1 Å². The lowest BCUT2D eigenvalue weighted by Crippen LogP contribution is -2.35. The van der Waals surface area contributed by atoms with Crippen molar-refractivity contribution in [3.63, 3.8) is 0 Å². The third-order valence-corrected chi connectivity index (χ3v) is 3.08. The zero-order valence-corrected chi connectivity index (χ0v) is 12.0. The first kappa shape index (κ1) is 15.6. The van der Waals surface area contributed by atoms with E-state index >= 15 is 0 Å². The van der Waals surface area contributed by atoms with Gasteiger partial charge < -0.3 is 10.4 Å². The van der Waals surface area contributed by atoms with Crippen LogP contribution in [-0.2, 0) is 16.0 Å². The molecule has 1 aromatic rings. The summed E-state index contributed by atoms with van der Waals surface area (Å²) < 4.78 is 14.4. The first-order valence-corrected chi connectivity index (χ1v) is 6.60. The number of nitrogens with one attached hydrogen (secondary N) is 1. The van der Waals surface area contributed by atoms with E-state index in [0.717, 1.165) is 4.47 Å². The van der Waals surface area contributed by atoms with Gasteiger partial charge in [-0.1, -0.05) is 15.9 Å². The lowest BCUT2D eigenvalue weighted by Gasteiger charge is -2.17. The zero-order chi connectivity index (χ0) is 14.4. The Kier molecular flexibility index (Phi) is 5.95. The van der Waals surface area contributed by atoms with Crippen LogP contribution in [-0.4, -0.2) is 23.0 Å². The van der Waals surface area contributed by atoms with Crippen LogP contribution in [0.5, 0.6) is 0 Å². The second-order valence-electron chi connectivity index (χ2n) is 4.27. The molecule has 0 aliphatic carbocycles. The number of carbonyl (C=O) groups is 2. The number of amides is 1. The fraction of sp³-hybridized carbons (Fsp3) is 0.385. The summed E-state index contributed by atoms with van der Waals surface area (Å²) in [4.78, 5) is 21.6. The standard InChI is InChI=1S/C13H15BrFNO3/c1-8(17)16-11(3-5-13(18)19)7-9-6-10(14)2-4-12(9)15/h2,4,6,11H,3,5,7H2,1H3,(H,16,17)(H,18,19). The summed E-state index contributed by atoms with van der Waals surface area (Å²) in [5.41, 5.74) is 0.443. The molecule has 19 heavy (non-hydrogen) atoms. The van der Waals surface area contributed by atoms with Crippen molar-refractivity contribution in [2.24, 2.45) is 0 Å². The molecule has 1 aromatic carbocycles. The molecule has 0 aliphatic rings. The molecule has 1 rings (SSSR count). The molecular formula is C13H15BrFNO3. The van der Waals surface area contributed by atoms with Gasteiger partial charge in [0.25, 0.3) is 0 Å². The molecular weight excluding hydrogens is 317 g/mol. The summed E-state index contributed by atoms with van der Waals surface area (Å²) in [5.74, 6) is -1.57. The number of benzene rings is 1. The van der Waals surface area contributed by atoms with Gasteiger partial charge in [-0.15, -0.1) is 0 Å². The fourth-order valence-electron chi connectivity index (χ4n) is 1.78. The third kappa shape index (κ3) is 5.83. The monoisotopic (exact) mass is 331 g/mol. The molecule has 0 saturated carbocycles. The number of carboxylic acid groups (broad SMARTS) is 1. The predicted octanol–water partition coefficient (Wildman–Crippen LogP) is 2.50. The van der Waals surface area contributed by atoms with E-state index in [1.165, 1.54) is 13.0 Å². The van der Waals surface area contributed by atoms with Gasteiger partial charge in [0.05, 0.1) is 0 Å². The second kappa shape index (κ2) is 7.23. The van der Waals surface area contributed by atoms with E-state index in [-0.39, 0.29) is 31.0 Å². The molecule has 0 spiro atoms. The molecule has 0 aromatic heterocycles. The van der Waals surface area contributed by atoms with Crippen molar-refractivity contribution >= 4 is 27.8 Å². The van der Waals surface area contributed by atoms with E-state index in [0.29, 0.717) is 5.56 Å². The average Bonchev–Trinajstić information content (AvgIpc) is 2.30. The molecule has 1 atom stereocenters. The Hall–Kier alpha value is -1.43. The SMILES string of the molecule is CC(=O)NC(CCC(=O)O)Cc1cc(Br)ccc1F. The minimum absolute atomic E-state index is 0.0689. The maximum absolute atomic E-state index is 13.6. The molecule has 4 nitrogen and oxygen atoms in total. The van der Waals surface area contributed by atoms with Gasteiger partial charge in [-0.05, 0) is 36.6 Å². The number of carbonyl (C=O) groups excluding carboxylic acids is 1. The molecule has 0 heterocycles. The number of hydrogen-bond acceptors (Lipinski definition) is 2. The van der Waals surface area contributed by atoms with Gasteiger partial charge in [0.1, 0.15) is 5.82 Å². The maximum atomic E-state index is 13.6. The van der Waals surface area contributed by atoms with Crippen LogP contribution in [0.2, 0.25) is 0 Å². The van der Waals surface area contributed by atoms with Gasteiger partial charge in [0.15, 0.2) is 0 Å². The molecule has 1 amide bonds. The Morgan fingerprint density at radius 2 is 2.16 bits per heavy atom. The Bertz CT molecular complexity index is 479. The molecule has 2 N–H and O–H groups in total. The van der Waals surface area contributed by atoms with Crippen molar-refractivity contribution in [3.05, 3.63) is 34.1 Å². The summed E-state index contributed by atoms with van der Waals surface area (Å²) in [6.45, 7) is 1.35. The third-order valence-electron chi connectivity index (χ3n) is 2.59. The summed E-state index contributed by atoms with van der Waals surface area (Å²) in [6, 6.07) is 4.16. The first-order valence-electron chi connectivity index (χ1n) is 5.81. The smallest absolute Gasteiger partial charge is 0.303 e. The van der Waals surface area contributed by atoms with Crippen LogP contribution in [0.4, 0.5) is 4.39 Å². The molecule has 0 fully saturated rings. The highest BCUT2D eigenvalue weighted by atomic mass is 79.9. The quantitative estimate of drug-likeness (QED) is 0.841. The highest BCUT2D eigenvalue weighted by Gasteiger charge is 2.15. The van der Waals surface area contributed by atoms with Crippen molar-refractivity contribution in [2.45, 2.75) is 32.2 Å². The van der Waals surface area contributed by atoms with Crippen molar-refractivity contribution in [3.8, 4) is 0 Å². The summed E-state index contributed by atoms with van der Waals surface area (Å²) in [5, 5.41) is 11.3. The topological polar surface area (TPSA) is 66.4 Å². The highest BCUT2D eigenvalue weighted by Crippen LogP contribution is 2.18. The molecule has 0 aliphatic heterocycles. The van der Waals surface area contributed by atoms with Crippen molar-refractivity contribution in [1.29, 1.82) is 0 Å². The predicted molar refractivity (Wildman–Crippen MR) is 72.3 cm³/mol. The van der Waals surface area contributed by atoms with Crippen LogP contribution < -0.4 is 5.32 Å². The highest BCUT2D eigenvalue weighted by molar-refractivity contribution is 9.10. The molecule has 104 valence electrons. The van der Waals surface area contributed by atoms with Gasteiger partial charge >= 0.3 is 5.97 Å². The van der Waals surface area contributed by atoms with Gasteiger partial charge in [-0.25, -0.2) is 4.39 Å². The summed E-state index contributed by atoms with van der Waals surface area (Å²) in [6.07, 6.45) is 0.458. The maximum Gasteiger partial charge on any atom is 0.303 e. The van der Waals surface area contributed by atoms with Gasteiger partial charge in [-0.2, -0.15) is 0 Å². The van der Waals surface area contributed by atoms with Crippen LogP contribution in [0.1, 0.15) is 25.3 Å². The van der Waals surface area contributed by atoms with Gasteiger partial charge in [0.2, 0.25) is 5.91 Å². The molecule has 0 radical (unpaired) electrons. The lowest BCUT2D eigenvalue weighted by atomic mass is 10.0. The number of halogens is 2. The summed E-state index contributed by atoms with van der Waals surface area (Å²) in [7, 11) is 0. The lowest BCUT2D eigenvalue weighted by molar-refractivity contribution is -0.137. The van der Waals surface area contributed by atoms with Crippen LogP contribution >= 0.6 is 15.9 Å². The largest absolute Gasteiger partial charge is 0.481 e. The van der Waals surface area contributed by atoms with Crippen molar-refractivity contribution < 1.29 is 19.1 Å². The normalized spacial score (nSPS) is 11.9. The van der Waals surface area contributed by atoms with Crippen LogP contribution in [0.25, 0.3) is 0 Å². The Morgan fingerprint density at radius 3 is 2.74 bits per heavy atom. The summed E-state index contributed by atoms with van der Waals surface area (Å²) >= 11 is 3.25. The Labute approximate surface area is 119 Å². The second-order valence-corrected chi connectivity index (χ2v) is 5.19. The van der Waals surface area contributed by atoms with Crippen molar-refractivity contribution in [1.82, 2.24) is 5.32 Å². The van der Waals surface area contributed by atoms with Crippen LogP contribution in [0.3, 0.4) is 0 Å². The number of aliphatic carboxylic acids is 1. The van der Waals surface area contributed by atoms with E-state index < -0.39 is 12.0 Å². The Balaban J connectivity index is 2.77. The Morgan fingerprint density at radius 1 is 1.47 bits per heavy atom. The van der Waals surface area contributed by atoms with Crippen LogP contribution in [0.15, 0.2) is 22.7 Å². The average molecular weight is 332 g/mol. The molecule has 6 heteroatoms. The fourth-order valence-corrected chi connectivity index (χ4v) is 2.18. The number of rotatable bonds is 6. The number of hydrogen-bond donors (Lipinski definition) is 2. The van der Waals surface area contributed by atoms with Crippen molar-refractivity contribution in [2.75, 3.05) is 0 Å². The van der Waals surface area contributed by atoms with Gasteiger partial charge in [0, 0.05) is 23.9 Å². The minimum Gasteiger partial charge on any atom is -0.481 e. The van der Waals surface area contributed by atoms with E-state index in [4.69, 9.17) is 5.11 Å². The minimum atomic E-state index is -0.940. The van der Waals surface area contributed by atoms with E-state index in [2.05, 4.69) is 21.2 Å². The molecule has 1 unspecified atom stereocenters. The van der Waals surface area contributed by atoms with E-state index in [9.17, 15) is 14.0 Å². The van der Waals surface area contributed by atoms with E-state index in [1.807, 2.05) is 0 Å². The van der Waals surface area contributed by atoms with Crippen LogP contribution in [0, 0.1) is 5.82 Å². The zero-order valence-electron chi connectivity index (χ0n) is 10.5. The molecule has 0 bridgehead atoms. The van der Waals surface area contributed by atoms with Gasteiger partial charge in [-0.3, -0.25) is 9.59 Å².